The molecular weight excluding hydrogens is 329 g/mol. The van der Waals surface area contributed by atoms with E-state index in [-0.39, 0.29) is 13.2 Å². The number of carbonyl (C=O) groups excluding carboxylic acids is 1. The quantitative estimate of drug-likeness (QED) is 0.592. The third-order valence-electron chi connectivity index (χ3n) is 3.44. The summed E-state index contributed by atoms with van der Waals surface area (Å²) in [5.74, 6) is 0. The Hall–Kier alpha value is -1.49. The van der Waals surface area contributed by atoms with Crippen molar-refractivity contribution < 1.29 is 23.7 Å². The lowest BCUT2D eigenvalue weighted by Crippen LogP contribution is -2.33. The molecule has 0 heterocycles. The molecule has 0 aromatic heterocycles. The minimum absolute atomic E-state index is 0.202. The van der Waals surface area contributed by atoms with Gasteiger partial charge >= 0.3 is 14.1 Å². The summed E-state index contributed by atoms with van der Waals surface area (Å²) in [6, 6.07) is 9.40. The van der Waals surface area contributed by atoms with E-state index >= 15 is 0 Å². The summed E-state index contributed by atoms with van der Waals surface area (Å²) in [4.78, 5) is 11.6. The molecule has 0 spiro atoms. The lowest BCUT2D eigenvalue weighted by Gasteiger charge is -2.17. The maximum atomic E-state index is 11.6. The van der Waals surface area contributed by atoms with Gasteiger partial charge in [-0.2, -0.15) is 0 Å². The summed E-state index contributed by atoms with van der Waals surface area (Å²) in [5.41, 5.74) is 0.910. The molecule has 1 aromatic carbocycles. The molecule has 0 saturated heterocycles. The van der Waals surface area contributed by atoms with E-state index in [1.54, 1.807) is 6.92 Å². The SMILES string of the molecule is CCCC(O[P+](=O)CC)C(O)CCNC(=O)OCc1ccccc1. The van der Waals surface area contributed by atoms with Crippen LogP contribution in [0.3, 0.4) is 0 Å². The van der Waals surface area contributed by atoms with Crippen molar-refractivity contribution in [1.82, 2.24) is 5.32 Å². The number of aliphatic hydroxyl groups is 1. The van der Waals surface area contributed by atoms with Gasteiger partial charge in [-0.3, -0.25) is 0 Å². The number of ether oxygens (including phenoxy) is 1. The monoisotopic (exact) mass is 356 g/mol. The van der Waals surface area contributed by atoms with Crippen molar-refractivity contribution >= 4 is 14.1 Å². The zero-order valence-corrected chi connectivity index (χ0v) is 15.2. The molecule has 0 saturated carbocycles. The molecule has 1 amide bonds. The van der Waals surface area contributed by atoms with Gasteiger partial charge in [-0.15, -0.1) is 4.52 Å². The molecule has 1 rings (SSSR count). The van der Waals surface area contributed by atoms with Gasteiger partial charge in [-0.05, 0) is 29.9 Å². The Kier molecular flexibility index (Phi) is 10.2. The topological polar surface area (TPSA) is 84.9 Å². The third kappa shape index (κ3) is 8.39. The molecule has 134 valence electrons. The van der Waals surface area contributed by atoms with Crippen LogP contribution >= 0.6 is 8.03 Å². The van der Waals surface area contributed by atoms with E-state index in [1.165, 1.54) is 0 Å². The number of carbonyl (C=O) groups is 1. The molecule has 0 fully saturated rings. The second-order valence-electron chi connectivity index (χ2n) is 5.43. The molecule has 1 aromatic rings. The molecule has 3 unspecified atom stereocenters. The van der Waals surface area contributed by atoms with E-state index in [1.807, 2.05) is 37.3 Å². The van der Waals surface area contributed by atoms with Crippen LogP contribution in [0.1, 0.15) is 38.7 Å². The first-order valence-corrected chi connectivity index (χ1v) is 9.67. The average Bonchev–Trinajstić information content (AvgIpc) is 2.60. The lowest BCUT2D eigenvalue weighted by molar-refractivity contribution is 0.0305. The van der Waals surface area contributed by atoms with E-state index in [9.17, 15) is 14.5 Å². The smallest absolute Gasteiger partial charge is 0.445 e. The maximum absolute atomic E-state index is 11.6. The first kappa shape index (κ1) is 20.6. The summed E-state index contributed by atoms with van der Waals surface area (Å²) in [5, 5.41) is 12.8. The van der Waals surface area contributed by atoms with Crippen LogP contribution in [0.4, 0.5) is 4.79 Å². The van der Waals surface area contributed by atoms with Crippen LogP contribution in [0, 0.1) is 0 Å². The molecule has 24 heavy (non-hydrogen) atoms. The minimum atomic E-state index is -1.74. The van der Waals surface area contributed by atoms with Gasteiger partial charge in [0.2, 0.25) is 0 Å². The zero-order chi connectivity index (χ0) is 17.8. The van der Waals surface area contributed by atoms with Gasteiger partial charge in [0, 0.05) is 6.54 Å². The Labute approximate surface area is 144 Å². The number of rotatable bonds is 11. The fourth-order valence-corrected chi connectivity index (χ4v) is 2.80. The highest BCUT2D eigenvalue weighted by atomic mass is 31.1. The number of hydrogen-bond donors (Lipinski definition) is 2. The molecule has 0 bridgehead atoms. The van der Waals surface area contributed by atoms with Gasteiger partial charge in [0.15, 0.2) is 6.16 Å². The Morgan fingerprint density at radius 1 is 1.25 bits per heavy atom. The van der Waals surface area contributed by atoms with Crippen molar-refractivity contribution in [2.24, 2.45) is 0 Å². The van der Waals surface area contributed by atoms with E-state index in [0.29, 0.717) is 19.0 Å². The van der Waals surface area contributed by atoms with Gasteiger partial charge < -0.3 is 15.2 Å². The van der Waals surface area contributed by atoms with Crippen LogP contribution in [0.5, 0.6) is 0 Å². The average molecular weight is 356 g/mol. The van der Waals surface area contributed by atoms with Gasteiger partial charge in [-0.1, -0.05) is 43.7 Å². The van der Waals surface area contributed by atoms with Gasteiger partial charge in [-0.25, -0.2) is 4.79 Å². The van der Waals surface area contributed by atoms with Gasteiger partial charge in [0.05, 0.1) is 6.10 Å². The Balaban J connectivity index is 2.28. The summed E-state index contributed by atoms with van der Waals surface area (Å²) in [7, 11) is -1.74. The highest BCUT2D eigenvalue weighted by Crippen LogP contribution is 2.27. The van der Waals surface area contributed by atoms with E-state index < -0.39 is 26.3 Å². The second kappa shape index (κ2) is 12.0. The summed E-state index contributed by atoms with van der Waals surface area (Å²) < 4.78 is 22.0. The fraction of sp³-hybridized carbons (Fsp3) is 0.588. The molecule has 0 aliphatic rings. The first-order chi connectivity index (χ1) is 11.6. The molecule has 0 aliphatic heterocycles. The molecule has 0 aliphatic carbocycles. The van der Waals surface area contributed by atoms with Crippen molar-refractivity contribution in [3.63, 3.8) is 0 Å². The Bertz CT molecular complexity index is 497. The Morgan fingerprint density at radius 3 is 2.58 bits per heavy atom. The third-order valence-corrected chi connectivity index (χ3v) is 4.46. The molecule has 6 nitrogen and oxygen atoms in total. The van der Waals surface area contributed by atoms with Gasteiger partial charge in [0.1, 0.15) is 12.7 Å². The highest BCUT2D eigenvalue weighted by Gasteiger charge is 2.28. The van der Waals surface area contributed by atoms with Crippen molar-refractivity contribution in [1.29, 1.82) is 0 Å². The van der Waals surface area contributed by atoms with Crippen molar-refractivity contribution in [3.05, 3.63) is 35.9 Å². The predicted molar refractivity (Wildman–Crippen MR) is 93.2 cm³/mol. The molecule has 7 heteroatoms. The molecular formula is C17H27NO5P+. The fourth-order valence-electron chi connectivity index (χ4n) is 2.11. The van der Waals surface area contributed by atoms with Crippen LogP contribution < -0.4 is 5.32 Å². The summed E-state index contributed by atoms with van der Waals surface area (Å²) in [6.07, 6.45) is 0.413. The number of nitrogens with one attached hydrogen (secondary N) is 1. The highest BCUT2D eigenvalue weighted by molar-refractivity contribution is 7.39. The predicted octanol–water partition coefficient (Wildman–Crippen LogP) is 3.61. The van der Waals surface area contributed by atoms with Crippen LogP contribution in [0.2, 0.25) is 0 Å². The van der Waals surface area contributed by atoms with Crippen LogP contribution in [0.15, 0.2) is 30.3 Å². The summed E-state index contributed by atoms with van der Waals surface area (Å²) >= 11 is 0. The number of benzene rings is 1. The van der Waals surface area contributed by atoms with E-state index in [4.69, 9.17) is 9.26 Å². The summed E-state index contributed by atoms with van der Waals surface area (Å²) in [6.45, 7) is 4.22. The standard InChI is InChI=1S/C17H26NO5P/c1-3-8-16(23-24(21)4-2)15(19)11-12-18-17(20)22-13-14-9-6-5-7-10-14/h5-7,9-10,15-16,19H,3-4,8,11-13H2,1-2H3/p+1. The van der Waals surface area contributed by atoms with E-state index in [0.717, 1.165) is 12.0 Å². The van der Waals surface area contributed by atoms with Crippen molar-refractivity contribution in [2.45, 2.75) is 51.9 Å². The number of amides is 1. The van der Waals surface area contributed by atoms with Crippen LogP contribution in [-0.2, 0) is 20.4 Å². The first-order valence-electron chi connectivity index (χ1n) is 8.30. The number of hydrogen-bond acceptors (Lipinski definition) is 5. The Morgan fingerprint density at radius 2 is 1.96 bits per heavy atom. The molecule has 3 atom stereocenters. The van der Waals surface area contributed by atoms with Gasteiger partial charge in [0.25, 0.3) is 0 Å². The van der Waals surface area contributed by atoms with Crippen LogP contribution in [0.25, 0.3) is 0 Å². The number of aliphatic hydroxyl groups excluding tert-OH is 1. The lowest BCUT2D eigenvalue weighted by atomic mass is 10.1. The normalized spacial score (nSPS) is 13.9. The van der Waals surface area contributed by atoms with Crippen LogP contribution in [-0.4, -0.2) is 36.1 Å². The minimum Gasteiger partial charge on any atom is -0.445 e. The van der Waals surface area contributed by atoms with Crippen molar-refractivity contribution in [3.8, 4) is 0 Å². The largest absolute Gasteiger partial charge is 0.508 e. The van der Waals surface area contributed by atoms with Crippen molar-refractivity contribution in [2.75, 3.05) is 12.7 Å². The molecule has 2 N–H and O–H groups in total. The van der Waals surface area contributed by atoms with E-state index in [2.05, 4.69) is 5.32 Å². The maximum Gasteiger partial charge on any atom is 0.508 e. The zero-order valence-electron chi connectivity index (χ0n) is 14.3. The number of alkyl carbamates (subject to hydrolysis) is 1. The second-order valence-corrected chi connectivity index (χ2v) is 6.93. The molecule has 0 radical (unpaired) electrons.